The summed E-state index contributed by atoms with van der Waals surface area (Å²) in [6.07, 6.45) is 0.538. The number of amides is 2. The summed E-state index contributed by atoms with van der Waals surface area (Å²) < 4.78 is 13.9. The van der Waals surface area contributed by atoms with Gasteiger partial charge in [-0.15, -0.1) is 0 Å². The molecule has 2 heterocycles. The third-order valence-corrected chi connectivity index (χ3v) is 5.96. The Morgan fingerprint density at radius 3 is 2.42 bits per heavy atom. The van der Waals surface area contributed by atoms with Crippen molar-refractivity contribution < 1.29 is 14.0 Å². The van der Waals surface area contributed by atoms with Crippen LogP contribution >= 0.6 is 0 Å². The summed E-state index contributed by atoms with van der Waals surface area (Å²) in [6, 6.07) is 14.1. The second-order valence-corrected chi connectivity index (χ2v) is 8.21. The molecular formula is C24H27FN4O2. The highest BCUT2D eigenvalue weighted by atomic mass is 19.1. The van der Waals surface area contributed by atoms with Gasteiger partial charge in [0.15, 0.2) is 0 Å². The molecule has 2 amide bonds. The summed E-state index contributed by atoms with van der Waals surface area (Å²) in [5.41, 5.74) is 3.68. The van der Waals surface area contributed by atoms with Gasteiger partial charge in [-0.2, -0.15) is 5.10 Å². The number of benzene rings is 2. The number of hydrazone groups is 1. The number of carbonyl (C=O) groups excluding carboxylic acids is 2. The number of hydrogen-bond acceptors (Lipinski definition) is 4. The number of carbonyl (C=O) groups is 2. The van der Waals surface area contributed by atoms with Gasteiger partial charge in [-0.1, -0.05) is 42.0 Å². The molecule has 0 N–H and O–H groups in total. The first kappa shape index (κ1) is 21.2. The monoisotopic (exact) mass is 422 g/mol. The third-order valence-electron chi connectivity index (χ3n) is 5.96. The van der Waals surface area contributed by atoms with Crippen LogP contribution in [0.15, 0.2) is 53.6 Å². The van der Waals surface area contributed by atoms with Gasteiger partial charge in [0.2, 0.25) is 5.91 Å². The highest BCUT2D eigenvalue weighted by molar-refractivity contribution is 6.03. The Kier molecular flexibility index (Phi) is 6.13. The average molecular weight is 423 g/mol. The minimum absolute atomic E-state index is 0.0593. The van der Waals surface area contributed by atoms with Gasteiger partial charge in [0.05, 0.1) is 18.3 Å². The van der Waals surface area contributed by atoms with Gasteiger partial charge in [-0.25, -0.2) is 9.40 Å². The first-order valence-electron chi connectivity index (χ1n) is 10.6. The molecule has 162 valence electrons. The molecule has 2 aliphatic rings. The van der Waals surface area contributed by atoms with Crippen LogP contribution in [0.2, 0.25) is 0 Å². The van der Waals surface area contributed by atoms with Gasteiger partial charge in [0, 0.05) is 39.5 Å². The van der Waals surface area contributed by atoms with Crippen LogP contribution in [-0.4, -0.2) is 65.1 Å². The van der Waals surface area contributed by atoms with E-state index in [1.54, 1.807) is 17.9 Å². The Morgan fingerprint density at radius 2 is 1.77 bits per heavy atom. The molecule has 2 aliphatic heterocycles. The Balaban J connectivity index is 1.54. The molecule has 0 spiro atoms. The minimum Gasteiger partial charge on any atom is -0.340 e. The van der Waals surface area contributed by atoms with Gasteiger partial charge in [0.1, 0.15) is 5.82 Å². The second kappa shape index (κ2) is 8.98. The van der Waals surface area contributed by atoms with E-state index in [1.165, 1.54) is 17.1 Å². The quantitative estimate of drug-likeness (QED) is 0.761. The van der Waals surface area contributed by atoms with E-state index in [0.717, 1.165) is 22.4 Å². The van der Waals surface area contributed by atoms with Crippen molar-refractivity contribution in [3.05, 3.63) is 71.0 Å². The van der Waals surface area contributed by atoms with Crippen molar-refractivity contribution in [1.29, 1.82) is 0 Å². The van der Waals surface area contributed by atoms with Crippen LogP contribution < -0.4 is 0 Å². The van der Waals surface area contributed by atoms with Crippen molar-refractivity contribution in [2.24, 2.45) is 5.10 Å². The lowest BCUT2D eigenvalue weighted by molar-refractivity contribution is -0.135. The SMILES string of the molecule is CC(=O)N1CCN(CC(=O)N2N=C(c3ccc(C)cc3)C[C@@H]2c2cccc(F)c2)CC1. The van der Waals surface area contributed by atoms with E-state index in [2.05, 4.69) is 5.10 Å². The van der Waals surface area contributed by atoms with E-state index in [0.29, 0.717) is 32.6 Å². The molecule has 6 nitrogen and oxygen atoms in total. The smallest absolute Gasteiger partial charge is 0.257 e. The summed E-state index contributed by atoms with van der Waals surface area (Å²) in [7, 11) is 0. The molecule has 7 heteroatoms. The maximum atomic E-state index is 13.9. The van der Waals surface area contributed by atoms with Crippen LogP contribution in [0.25, 0.3) is 0 Å². The zero-order valence-electron chi connectivity index (χ0n) is 17.9. The van der Waals surface area contributed by atoms with Crippen LogP contribution in [0, 0.1) is 12.7 Å². The molecule has 0 unspecified atom stereocenters. The first-order chi connectivity index (χ1) is 14.9. The van der Waals surface area contributed by atoms with Crippen LogP contribution in [-0.2, 0) is 9.59 Å². The molecule has 0 radical (unpaired) electrons. The molecule has 0 bridgehead atoms. The fraction of sp³-hybridized carbons (Fsp3) is 0.375. The van der Waals surface area contributed by atoms with Crippen molar-refractivity contribution in [2.75, 3.05) is 32.7 Å². The largest absolute Gasteiger partial charge is 0.340 e. The number of aryl methyl sites for hydroxylation is 1. The third kappa shape index (κ3) is 4.82. The van der Waals surface area contributed by atoms with Crippen molar-refractivity contribution >= 4 is 17.5 Å². The molecule has 2 aromatic rings. The number of hydrogen-bond donors (Lipinski definition) is 0. The second-order valence-electron chi connectivity index (χ2n) is 8.21. The van der Waals surface area contributed by atoms with Gasteiger partial charge >= 0.3 is 0 Å². The average Bonchev–Trinajstić information content (AvgIpc) is 3.20. The van der Waals surface area contributed by atoms with Crippen LogP contribution in [0.3, 0.4) is 0 Å². The Morgan fingerprint density at radius 1 is 1.06 bits per heavy atom. The standard InChI is InChI=1S/C24H27FN4O2/c1-17-6-8-19(9-7-17)22-15-23(20-4-3-5-21(25)14-20)29(26-22)24(31)16-27-10-12-28(13-11-27)18(2)30/h3-9,14,23H,10-13,15-16H2,1-2H3/t23-/m1/s1. The summed E-state index contributed by atoms with van der Waals surface area (Å²) in [5, 5.41) is 6.19. The number of piperazine rings is 1. The van der Waals surface area contributed by atoms with Gasteiger partial charge in [-0.05, 0) is 30.2 Å². The van der Waals surface area contributed by atoms with Gasteiger partial charge in [-0.3, -0.25) is 14.5 Å². The minimum atomic E-state index is -0.335. The van der Waals surface area contributed by atoms with E-state index in [9.17, 15) is 14.0 Å². The molecular weight excluding hydrogens is 395 g/mol. The lowest BCUT2D eigenvalue weighted by atomic mass is 9.98. The van der Waals surface area contributed by atoms with Crippen LogP contribution in [0.5, 0.6) is 0 Å². The number of rotatable bonds is 4. The van der Waals surface area contributed by atoms with E-state index in [-0.39, 0.29) is 30.2 Å². The molecule has 31 heavy (non-hydrogen) atoms. The topological polar surface area (TPSA) is 56.2 Å². The molecule has 0 aromatic heterocycles. The highest BCUT2D eigenvalue weighted by Gasteiger charge is 2.34. The molecule has 0 saturated carbocycles. The van der Waals surface area contributed by atoms with Gasteiger partial charge < -0.3 is 4.90 Å². The summed E-state index contributed by atoms with van der Waals surface area (Å²) in [5.74, 6) is -0.384. The molecule has 0 aliphatic carbocycles. The molecule has 1 atom stereocenters. The van der Waals surface area contributed by atoms with Crippen molar-refractivity contribution in [3.8, 4) is 0 Å². The lowest BCUT2D eigenvalue weighted by Gasteiger charge is -2.34. The fourth-order valence-corrected chi connectivity index (χ4v) is 4.12. The Bertz CT molecular complexity index is 997. The summed E-state index contributed by atoms with van der Waals surface area (Å²) in [6.45, 7) is 6.36. The van der Waals surface area contributed by atoms with Crippen molar-refractivity contribution in [2.45, 2.75) is 26.3 Å². The molecule has 4 rings (SSSR count). The van der Waals surface area contributed by atoms with Gasteiger partial charge in [0.25, 0.3) is 5.91 Å². The Labute approximate surface area is 181 Å². The number of halogens is 1. The van der Waals surface area contributed by atoms with Crippen LogP contribution in [0.4, 0.5) is 4.39 Å². The first-order valence-corrected chi connectivity index (χ1v) is 10.6. The molecule has 1 saturated heterocycles. The molecule has 1 fully saturated rings. The van der Waals surface area contributed by atoms with E-state index in [4.69, 9.17) is 0 Å². The number of nitrogens with zero attached hydrogens (tertiary/aromatic N) is 4. The van der Waals surface area contributed by atoms with E-state index < -0.39 is 0 Å². The maximum absolute atomic E-state index is 13.9. The maximum Gasteiger partial charge on any atom is 0.257 e. The lowest BCUT2D eigenvalue weighted by Crippen LogP contribution is -2.50. The van der Waals surface area contributed by atoms with E-state index in [1.807, 2.05) is 42.2 Å². The zero-order valence-corrected chi connectivity index (χ0v) is 17.9. The zero-order chi connectivity index (χ0) is 22.0. The normalized spacial score (nSPS) is 19.5. The fourth-order valence-electron chi connectivity index (χ4n) is 4.12. The summed E-state index contributed by atoms with van der Waals surface area (Å²) >= 11 is 0. The van der Waals surface area contributed by atoms with Crippen LogP contribution in [0.1, 0.15) is 36.1 Å². The predicted octanol–water partition coefficient (Wildman–Crippen LogP) is 2.98. The molecule has 2 aromatic carbocycles. The Hall–Kier alpha value is -3.06. The predicted molar refractivity (Wildman–Crippen MR) is 117 cm³/mol. The highest BCUT2D eigenvalue weighted by Crippen LogP contribution is 2.33. The summed E-state index contributed by atoms with van der Waals surface area (Å²) in [4.78, 5) is 28.6. The van der Waals surface area contributed by atoms with Crippen molar-refractivity contribution in [3.63, 3.8) is 0 Å². The van der Waals surface area contributed by atoms with Crippen molar-refractivity contribution in [1.82, 2.24) is 14.8 Å². The van der Waals surface area contributed by atoms with E-state index >= 15 is 0 Å².